The lowest BCUT2D eigenvalue weighted by Crippen LogP contribution is -2.33. The van der Waals surface area contributed by atoms with Gasteiger partial charge in [0.2, 0.25) is 0 Å². The molecule has 8 heteroatoms. The Labute approximate surface area is 95.5 Å². The highest BCUT2D eigenvalue weighted by molar-refractivity contribution is 6.06. The normalized spacial score (nSPS) is 13.9. The number of hydrogen-bond acceptors (Lipinski definition) is 5. The molecule has 2 N–H and O–H groups in total. The Morgan fingerprint density at radius 2 is 2.53 bits per heavy atom. The van der Waals surface area contributed by atoms with Gasteiger partial charge in [-0.2, -0.15) is 10.4 Å². The number of hydrogen-bond donors (Lipinski definition) is 2. The molecule has 0 atom stereocenters. The summed E-state index contributed by atoms with van der Waals surface area (Å²) < 4.78 is 0. The van der Waals surface area contributed by atoms with Crippen molar-refractivity contribution >= 4 is 23.5 Å². The van der Waals surface area contributed by atoms with Gasteiger partial charge in [0.25, 0.3) is 0 Å². The van der Waals surface area contributed by atoms with Crippen molar-refractivity contribution in [2.24, 2.45) is 10.1 Å². The number of nitrogens with zero attached hydrogens (tertiary/aromatic N) is 4. The Bertz CT molecular complexity index is 536. The van der Waals surface area contributed by atoms with Crippen molar-refractivity contribution in [3.63, 3.8) is 0 Å². The van der Waals surface area contributed by atoms with Crippen LogP contribution >= 0.6 is 0 Å². The molecule has 2 rings (SSSR count). The summed E-state index contributed by atoms with van der Waals surface area (Å²) in [7, 11) is 0. The summed E-state index contributed by atoms with van der Waals surface area (Å²) in [4.78, 5) is 18.6. The minimum Gasteiger partial charge on any atom is -0.861 e. The van der Waals surface area contributed by atoms with Gasteiger partial charge in [0.1, 0.15) is 5.82 Å². The predicted molar refractivity (Wildman–Crippen MR) is 55.3 cm³/mol. The fraction of sp³-hybridized carbons (Fsp3) is 0.111. The van der Waals surface area contributed by atoms with Crippen LogP contribution < -0.4 is 10.4 Å². The van der Waals surface area contributed by atoms with Crippen LogP contribution in [0, 0.1) is 0 Å². The van der Waals surface area contributed by atoms with Crippen LogP contribution in [0.5, 0.6) is 0 Å². The van der Waals surface area contributed by atoms with Crippen molar-refractivity contribution in [2.75, 3.05) is 0 Å². The highest BCUT2D eigenvalue weighted by Crippen LogP contribution is 2.03. The summed E-state index contributed by atoms with van der Waals surface area (Å²) >= 11 is 0. The van der Waals surface area contributed by atoms with E-state index in [0.717, 1.165) is 0 Å². The number of aromatic amines is 1. The minimum absolute atomic E-state index is 0.310. The van der Waals surface area contributed by atoms with Crippen molar-refractivity contribution in [3.8, 4) is 0 Å². The molecule has 0 bridgehead atoms. The topological polar surface area (TPSA) is 120 Å². The Morgan fingerprint density at radius 3 is 3.18 bits per heavy atom. The van der Waals surface area contributed by atoms with Gasteiger partial charge >= 0.3 is 11.7 Å². The second-order valence-corrected chi connectivity index (χ2v) is 3.09. The lowest BCUT2D eigenvalue weighted by molar-refractivity contribution is -0.218. The van der Waals surface area contributed by atoms with Gasteiger partial charge in [-0.05, 0) is 5.90 Å². The molecule has 8 nitrogen and oxygen atoms in total. The van der Waals surface area contributed by atoms with E-state index in [9.17, 15) is 9.90 Å². The Morgan fingerprint density at radius 1 is 1.65 bits per heavy atom. The molecule has 2 heterocycles. The molecule has 0 spiro atoms. The number of amides is 1. The SMILES string of the molecule is O=C(CC([O-])=Nc1ccn[nH]1)NC1=[N+]=NC=C1. The van der Waals surface area contributed by atoms with Crippen LogP contribution in [0.25, 0.3) is 0 Å². The Hall–Kier alpha value is -2.73. The molecule has 1 aliphatic rings. The van der Waals surface area contributed by atoms with E-state index in [2.05, 4.69) is 30.4 Å². The zero-order chi connectivity index (χ0) is 12.1. The first kappa shape index (κ1) is 10.8. The zero-order valence-electron chi connectivity index (χ0n) is 8.62. The number of H-pyrrole nitrogens is 1. The summed E-state index contributed by atoms with van der Waals surface area (Å²) in [5, 5.41) is 23.4. The molecule has 0 saturated heterocycles. The van der Waals surface area contributed by atoms with Crippen molar-refractivity contribution in [3.05, 3.63) is 24.5 Å². The summed E-state index contributed by atoms with van der Waals surface area (Å²) in [6.45, 7) is 0. The molecule has 86 valence electrons. The molecule has 0 fully saturated rings. The van der Waals surface area contributed by atoms with Crippen LogP contribution in [0.1, 0.15) is 6.42 Å². The van der Waals surface area contributed by atoms with E-state index in [1.54, 1.807) is 0 Å². The second-order valence-electron chi connectivity index (χ2n) is 3.09. The van der Waals surface area contributed by atoms with E-state index in [1.165, 1.54) is 24.5 Å². The maximum Gasteiger partial charge on any atom is 0.408 e. The van der Waals surface area contributed by atoms with E-state index >= 15 is 0 Å². The number of aromatic nitrogens is 2. The van der Waals surface area contributed by atoms with Gasteiger partial charge in [0.05, 0.1) is 24.9 Å². The maximum atomic E-state index is 11.4. The van der Waals surface area contributed by atoms with E-state index in [1.807, 2.05) is 0 Å². The van der Waals surface area contributed by atoms with Gasteiger partial charge in [-0.1, -0.05) is 4.79 Å². The van der Waals surface area contributed by atoms with Gasteiger partial charge in [-0.25, -0.2) is 9.79 Å². The fourth-order valence-corrected chi connectivity index (χ4v) is 1.11. The van der Waals surface area contributed by atoms with Crippen LogP contribution in [-0.2, 0) is 4.79 Å². The largest absolute Gasteiger partial charge is 0.861 e. The fourth-order valence-electron chi connectivity index (χ4n) is 1.11. The molecular weight excluding hydrogens is 224 g/mol. The van der Waals surface area contributed by atoms with Crippen molar-refractivity contribution in [1.82, 2.24) is 15.5 Å². The average Bonchev–Trinajstić information content (AvgIpc) is 2.90. The summed E-state index contributed by atoms with van der Waals surface area (Å²) in [5.74, 6) is -0.426. The first-order chi connectivity index (χ1) is 8.24. The third-order valence-electron chi connectivity index (χ3n) is 1.78. The zero-order valence-corrected chi connectivity index (χ0v) is 8.62. The highest BCUT2D eigenvalue weighted by atomic mass is 16.3. The number of carbonyl (C=O) groups is 1. The van der Waals surface area contributed by atoms with Crippen molar-refractivity contribution < 1.29 is 14.7 Å². The van der Waals surface area contributed by atoms with Crippen LogP contribution in [-0.4, -0.2) is 32.6 Å². The van der Waals surface area contributed by atoms with Crippen LogP contribution in [0.2, 0.25) is 0 Å². The smallest absolute Gasteiger partial charge is 0.408 e. The molecule has 1 amide bonds. The quantitative estimate of drug-likeness (QED) is 0.390. The Balaban J connectivity index is 1.90. The number of carbonyl (C=O) groups excluding carboxylic acids is 1. The van der Waals surface area contributed by atoms with E-state index in [0.29, 0.717) is 11.7 Å². The molecule has 1 aromatic heterocycles. The van der Waals surface area contributed by atoms with E-state index in [-0.39, 0.29) is 6.42 Å². The van der Waals surface area contributed by atoms with E-state index < -0.39 is 11.8 Å². The summed E-state index contributed by atoms with van der Waals surface area (Å²) in [6.07, 6.45) is 4.07. The number of nitrogens with one attached hydrogen (secondary N) is 2. The molecule has 0 aromatic carbocycles. The highest BCUT2D eigenvalue weighted by Gasteiger charge is 2.14. The Kier molecular flexibility index (Phi) is 3.08. The second kappa shape index (κ2) is 4.86. The number of amidine groups is 1. The molecule has 0 unspecified atom stereocenters. The first-order valence-electron chi connectivity index (χ1n) is 4.72. The maximum absolute atomic E-state index is 11.4. The van der Waals surface area contributed by atoms with Gasteiger partial charge in [0, 0.05) is 11.2 Å². The van der Waals surface area contributed by atoms with E-state index in [4.69, 9.17) is 0 Å². The third-order valence-corrected chi connectivity index (χ3v) is 1.78. The standard InChI is InChI=1S/C9H8N6O2/c16-8(12-6-1-3-10-14-6)5-9(17)13-7-2-4-11-15-7/h1-4H,5H2,(H2,10,11,12,13,14,15,16,17). The summed E-state index contributed by atoms with van der Waals surface area (Å²) in [6, 6.07) is 1.53. The predicted octanol–water partition coefficient (Wildman–Crippen LogP) is -1.11. The third kappa shape index (κ3) is 3.11. The number of rotatable bonds is 3. The van der Waals surface area contributed by atoms with Crippen molar-refractivity contribution in [2.45, 2.75) is 6.42 Å². The monoisotopic (exact) mass is 232 g/mol. The molecular formula is C9H8N6O2. The molecule has 0 aliphatic carbocycles. The van der Waals surface area contributed by atoms with Crippen LogP contribution in [0.4, 0.5) is 5.82 Å². The average molecular weight is 232 g/mol. The molecule has 1 aromatic rings. The first-order valence-corrected chi connectivity index (χ1v) is 4.72. The summed E-state index contributed by atoms with van der Waals surface area (Å²) in [5.41, 5.74) is 0. The van der Waals surface area contributed by atoms with Gasteiger partial charge < -0.3 is 5.11 Å². The minimum atomic E-state index is -0.564. The number of aliphatic imine (C=N–C) groups is 1. The van der Waals surface area contributed by atoms with Gasteiger partial charge in [-0.15, -0.1) is 0 Å². The van der Waals surface area contributed by atoms with Crippen LogP contribution in [0.3, 0.4) is 0 Å². The molecule has 0 saturated carbocycles. The van der Waals surface area contributed by atoms with Crippen LogP contribution in [0.15, 0.2) is 34.6 Å². The van der Waals surface area contributed by atoms with Crippen molar-refractivity contribution in [1.29, 1.82) is 0 Å². The lowest BCUT2D eigenvalue weighted by atomic mass is 10.4. The molecule has 17 heavy (non-hydrogen) atoms. The van der Waals surface area contributed by atoms with Gasteiger partial charge in [-0.3, -0.25) is 5.10 Å². The van der Waals surface area contributed by atoms with Gasteiger partial charge in [0.15, 0.2) is 0 Å². The molecule has 1 aliphatic heterocycles. The molecule has 0 radical (unpaired) electrons. The lowest BCUT2D eigenvalue weighted by Gasteiger charge is -2.05.